The van der Waals surface area contributed by atoms with Crippen molar-refractivity contribution in [3.63, 3.8) is 0 Å². The third-order valence-corrected chi connectivity index (χ3v) is 4.78. The largest absolute Gasteiger partial charge is 0.457 e. The van der Waals surface area contributed by atoms with Crippen LogP contribution in [0.5, 0.6) is 0 Å². The van der Waals surface area contributed by atoms with E-state index in [1.165, 1.54) is 6.92 Å². The normalized spacial score (nSPS) is 12.2. The molecule has 0 bridgehead atoms. The molecule has 0 saturated heterocycles. The highest BCUT2D eigenvalue weighted by Crippen LogP contribution is 2.24. The Morgan fingerprint density at radius 1 is 1.16 bits per heavy atom. The minimum Gasteiger partial charge on any atom is -0.457 e. The monoisotopic (exact) mass is 371 g/mol. The summed E-state index contributed by atoms with van der Waals surface area (Å²) in [7, 11) is 0. The molecular weight excluding hydrogens is 362 g/mol. The summed E-state index contributed by atoms with van der Waals surface area (Å²) in [6, 6.07) is 10.8. The maximum atomic E-state index is 12.4. The first kappa shape index (κ1) is 15.7. The molecule has 0 atom stereocenters. The number of aromatic nitrogens is 3. The fourth-order valence-electron chi connectivity index (χ4n) is 2.32. The maximum Gasteiger partial charge on any atom is 0.295 e. The number of nitrogens with zero attached hydrogens (tertiary/aromatic N) is 3. The standard InChI is InChI=1S/C17H10ClN3O3S/c1-9-15(22)19-17-21(20-9)16(23)14(25-17)8-12-6-7-13(24-12)10-2-4-11(18)5-3-10/h2-8H,1H3/b14-8+. The second-order valence-corrected chi connectivity index (χ2v) is 6.77. The van der Waals surface area contributed by atoms with E-state index in [0.717, 1.165) is 21.4 Å². The lowest BCUT2D eigenvalue weighted by Crippen LogP contribution is -2.27. The van der Waals surface area contributed by atoms with Gasteiger partial charge in [0.15, 0.2) is 0 Å². The number of benzene rings is 1. The third-order valence-electron chi connectivity index (χ3n) is 3.57. The number of fused-ring (bicyclic) bond motifs is 1. The Bertz CT molecular complexity index is 1260. The lowest BCUT2D eigenvalue weighted by molar-refractivity contribution is 0.571. The second kappa shape index (κ2) is 5.94. The molecule has 0 aliphatic carbocycles. The molecule has 124 valence electrons. The molecule has 0 aliphatic heterocycles. The first-order valence-electron chi connectivity index (χ1n) is 7.29. The van der Waals surface area contributed by atoms with Crippen LogP contribution in [-0.4, -0.2) is 14.6 Å². The van der Waals surface area contributed by atoms with Gasteiger partial charge in [-0.15, -0.1) is 0 Å². The van der Waals surface area contributed by atoms with Crippen LogP contribution >= 0.6 is 22.9 Å². The zero-order valence-electron chi connectivity index (χ0n) is 12.9. The predicted molar refractivity (Wildman–Crippen MR) is 96.1 cm³/mol. The average Bonchev–Trinajstić information content (AvgIpc) is 3.16. The van der Waals surface area contributed by atoms with Crippen LogP contribution in [0, 0.1) is 6.92 Å². The van der Waals surface area contributed by atoms with Crippen molar-refractivity contribution in [1.29, 1.82) is 0 Å². The van der Waals surface area contributed by atoms with Crippen LogP contribution in [0.15, 0.2) is 50.4 Å². The van der Waals surface area contributed by atoms with E-state index in [-0.39, 0.29) is 16.2 Å². The topological polar surface area (TPSA) is 77.5 Å². The highest BCUT2D eigenvalue weighted by atomic mass is 35.5. The summed E-state index contributed by atoms with van der Waals surface area (Å²) in [4.78, 5) is 28.1. The van der Waals surface area contributed by atoms with E-state index in [4.69, 9.17) is 16.0 Å². The lowest BCUT2D eigenvalue weighted by atomic mass is 10.2. The molecule has 1 aromatic carbocycles. The molecule has 0 saturated carbocycles. The minimum atomic E-state index is -0.434. The van der Waals surface area contributed by atoms with Crippen molar-refractivity contribution in [1.82, 2.24) is 14.6 Å². The molecule has 3 aromatic heterocycles. The summed E-state index contributed by atoms with van der Waals surface area (Å²) >= 11 is 6.98. The van der Waals surface area contributed by atoms with E-state index >= 15 is 0 Å². The molecule has 25 heavy (non-hydrogen) atoms. The number of thiazole rings is 1. The van der Waals surface area contributed by atoms with Crippen molar-refractivity contribution in [2.24, 2.45) is 0 Å². The lowest BCUT2D eigenvalue weighted by Gasteiger charge is -1.96. The molecule has 4 aromatic rings. The first-order chi connectivity index (χ1) is 12.0. The molecule has 3 heterocycles. The number of hydrogen-bond acceptors (Lipinski definition) is 6. The fraction of sp³-hybridized carbons (Fsp3) is 0.0588. The molecule has 0 radical (unpaired) electrons. The quantitative estimate of drug-likeness (QED) is 0.540. The van der Waals surface area contributed by atoms with E-state index in [2.05, 4.69) is 10.1 Å². The molecule has 4 rings (SSSR count). The minimum absolute atomic E-state index is 0.182. The van der Waals surface area contributed by atoms with Gasteiger partial charge >= 0.3 is 0 Å². The Labute approximate surface area is 149 Å². The van der Waals surface area contributed by atoms with Crippen molar-refractivity contribution < 1.29 is 4.42 Å². The number of hydrogen-bond donors (Lipinski definition) is 0. The summed E-state index contributed by atoms with van der Waals surface area (Å²) in [6.07, 6.45) is 1.61. The summed E-state index contributed by atoms with van der Waals surface area (Å²) in [5.74, 6) is 1.19. The zero-order chi connectivity index (χ0) is 17.6. The van der Waals surface area contributed by atoms with Gasteiger partial charge in [-0.05, 0) is 43.3 Å². The zero-order valence-corrected chi connectivity index (χ0v) is 14.5. The Morgan fingerprint density at radius 3 is 2.68 bits per heavy atom. The van der Waals surface area contributed by atoms with Gasteiger partial charge in [-0.3, -0.25) is 9.59 Å². The van der Waals surface area contributed by atoms with Crippen LogP contribution in [0.4, 0.5) is 0 Å². The second-order valence-electron chi connectivity index (χ2n) is 5.32. The van der Waals surface area contributed by atoms with Gasteiger partial charge in [-0.25, -0.2) is 0 Å². The van der Waals surface area contributed by atoms with Crippen LogP contribution in [0.2, 0.25) is 5.02 Å². The average molecular weight is 372 g/mol. The Kier molecular flexibility index (Phi) is 3.74. The predicted octanol–water partition coefficient (Wildman–Crippen LogP) is 2.28. The van der Waals surface area contributed by atoms with Crippen molar-refractivity contribution in [3.8, 4) is 11.3 Å². The highest BCUT2D eigenvalue weighted by molar-refractivity contribution is 7.15. The number of rotatable bonds is 2. The van der Waals surface area contributed by atoms with Crippen LogP contribution in [0.25, 0.3) is 22.4 Å². The van der Waals surface area contributed by atoms with Gasteiger partial charge in [-0.2, -0.15) is 14.6 Å². The van der Waals surface area contributed by atoms with Gasteiger partial charge in [0.05, 0.1) is 0 Å². The summed E-state index contributed by atoms with van der Waals surface area (Å²) in [5.41, 5.74) is 0.296. The number of furan rings is 1. The van der Waals surface area contributed by atoms with Gasteiger partial charge in [0.2, 0.25) is 4.96 Å². The number of halogens is 1. The van der Waals surface area contributed by atoms with E-state index in [1.807, 2.05) is 18.2 Å². The maximum absolute atomic E-state index is 12.4. The third kappa shape index (κ3) is 2.88. The summed E-state index contributed by atoms with van der Waals surface area (Å²) in [5, 5.41) is 4.62. The Balaban J connectivity index is 1.80. The molecule has 8 heteroatoms. The molecule has 0 N–H and O–H groups in total. The van der Waals surface area contributed by atoms with Gasteiger partial charge < -0.3 is 4.42 Å². The van der Waals surface area contributed by atoms with Crippen LogP contribution in [-0.2, 0) is 0 Å². The smallest absolute Gasteiger partial charge is 0.295 e. The highest BCUT2D eigenvalue weighted by Gasteiger charge is 2.09. The van der Waals surface area contributed by atoms with E-state index in [1.54, 1.807) is 24.3 Å². The summed E-state index contributed by atoms with van der Waals surface area (Å²) < 4.78 is 7.30. The van der Waals surface area contributed by atoms with Crippen LogP contribution in [0.1, 0.15) is 11.5 Å². The van der Waals surface area contributed by atoms with Crippen molar-refractivity contribution >= 4 is 34.0 Å². The van der Waals surface area contributed by atoms with Crippen LogP contribution < -0.4 is 15.7 Å². The van der Waals surface area contributed by atoms with Gasteiger partial charge in [0.1, 0.15) is 21.7 Å². The first-order valence-corrected chi connectivity index (χ1v) is 8.49. The van der Waals surface area contributed by atoms with Crippen LogP contribution in [0.3, 0.4) is 0 Å². The molecule has 0 spiro atoms. The number of aryl methyl sites for hydroxylation is 1. The molecule has 0 aliphatic rings. The SMILES string of the molecule is Cc1nn2c(=O)/c(=C\c3ccc(-c4ccc(Cl)cc4)o3)sc2nc1=O. The Morgan fingerprint density at radius 2 is 1.92 bits per heavy atom. The van der Waals surface area contributed by atoms with Gasteiger partial charge in [-0.1, -0.05) is 22.9 Å². The summed E-state index contributed by atoms with van der Waals surface area (Å²) in [6.45, 7) is 1.52. The Hall–Kier alpha value is -2.77. The van der Waals surface area contributed by atoms with Gasteiger partial charge in [0.25, 0.3) is 11.1 Å². The van der Waals surface area contributed by atoms with Crippen molar-refractivity contribution in [2.45, 2.75) is 6.92 Å². The van der Waals surface area contributed by atoms with Crippen molar-refractivity contribution in [3.05, 3.63) is 78.1 Å². The van der Waals surface area contributed by atoms with Gasteiger partial charge in [0, 0.05) is 16.7 Å². The molecular formula is C17H10ClN3O3S. The molecule has 0 unspecified atom stereocenters. The van der Waals surface area contributed by atoms with Crippen molar-refractivity contribution in [2.75, 3.05) is 0 Å². The fourth-order valence-corrected chi connectivity index (χ4v) is 3.33. The molecule has 0 amide bonds. The van der Waals surface area contributed by atoms with E-state index < -0.39 is 5.56 Å². The molecule has 6 nitrogen and oxygen atoms in total. The van der Waals surface area contributed by atoms with E-state index in [0.29, 0.717) is 21.1 Å². The van der Waals surface area contributed by atoms with E-state index in [9.17, 15) is 9.59 Å². The molecule has 0 fully saturated rings.